The lowest BCUT2D eigenvalue weighted by Gasteiger charge is -2.24. The van der Waals surface area contributed by atoms with Gasteiger partial charge in [-0.1, -0.05) is 48.3 Å². The molecule has 4 rings (SSSR count). The molecule has 0 amide bonds. The van der Waals surface area contributed by atoms with Gasteiger partial charge in [0, 0.05) is 42.9 Å². The molecule has 2 aromatic rings. The molecular weight excluding hydrogens is 521 g/mol. The number of aliphatic hydroxyl groups is 1. The highest BCUT2D eigenvalue weighted by molar-refractivity contribution is 6.31. The fraction of sp³-hybridized carbons (Fsp3) is 0.519. The molecule has 2 fully saturated rings. The highest BCUT2D eigenvalue weighted by Crippen LogP contribution is 2.37. The summed E-state index contributed by atoms with van der Waals surface area (Å²) in [6.07, 6.45) is 4.38. The Morgan fingerprint density at radius 2 is 1.86 bits per heavy atom. The topological polar surface area (TPSA) is 105 Å². The maximum atomic E-state index is 14.0. The van der Waals surface area contributed by atoms with Crippen molar-refractivity contribution in [1.82, 2.24) is 10.2 Å². The number of carbonyl (C=O) groups is 1. The van der Waals surface area contributed by atoms with E-state index in [4.69, 9.17) is 44.6 Å². The van der Waals surface area contributed by atoms with Crippen LogP contribution in [0.25, 0.3) is 0 Å². The maximum Gasteiger partial charge on any atom is 0.145 e. The minimum atomic E-state index is -0.503. The molecule has 1 aliphatic heterocycles. The third kappa shape index (κ3) is 12.1. The summed E-state index contributed by atoms with van der Waals surface area (Å²) >= 11 is 11.4. The van der Waals surface area contributed by atoms with Gasteiger partial charge >= 0.3 is 0 Å². The minimum Gasteiger partial charge on any atom is -0.399 e. The van der Waals surface area contributed by atoms with Gasteiger partial charge in [0.25, 0.3) is 0 Å². The van der Waals surface area contributed by atoms with Crippen LogP contribution in [0.1, 0.15) is 44.1 Å². The van der Waals surface area contributed by atoms with E-state index in [0.29, 0.717) is 22.8 Å². The van der Waals surface area contributed by atoms with E-state index in [1.54, 1.807) is 30.3 Å². The van der Waals surface area contributed by atoms with Gasteiger partial charge in [-0.05, 0) is 67.3 Å². The molecule has 6 N–H and O–H groups in total. The molecule has 0 spiro atoms. The average molecular weight is 562 g/mol. The Morgan fingerprint density at radius 3 is 2.38 bits per heavy atom. The van der Waals surface area contributed by atoms with Gasteiger partial charge in [-0.2, -0.15) is 0 Å². The molecule has 208 valence electrons. The molecule has 1 saturated carbocycles. The second-order valence-corrected chi connectivity index (χ2v) is 9.91. The Balaban J connectivity index is 0.000000304. The van der Waals surface area contributed by atoms with E-state index >= 15 is 0 Å². The second kappa shape index (κ2) is 18.4. The summed E-state index contributed by atoms with van der Waals surface area (Å²) < 4.78 is 25.5. The van der Waals surface area contributed by atoms with Gasteiger partial charge in [-0.3, -0.25) is 10.2 Å². The maximum absolute atomic E-state index is 14.0. The Bertz CT molecular complexity index is 887. The number of nitrogen functional groups attached to an aromatic ring is 1. The molecular formula is C27H40Cl2F2N4O2. The summed E-state index contributed by atoms with van der Waals surface area (Å²) in [6, 6.07) is 12.3. The number of nitrogens with two attached hydrogens (primary N) is 2. The molecule has 37 heavy (non-hydrogen) atoms. The van der Waals surface area contributed by atoms with Crippen LogP contribution in [0.3, 0.4) is 0 Å². The van der Waals surface area contributed by atoms with Crippen molar-refractivity contribution in [2.45, 2.75) is 44.7 Å². The number of anilines is 1. The molecule has 2 aromatic carbocycles. The minimum absolute atomic E-state index is 0.0708. The number of likely N-dealkylation sites (tertiary alicyclic amines) is 1. The molecule has 0 aromatic heterocycles. The van der Waals surface area contributed by atoms with Crippen LogP contribution in [0.4, 0.5) is 14.5 Å². The third-order valence-corrected chi connectivity index (χ3v) is 6.87. The van der Waals surface area contributed by atoms with Crippen LogP contribution in [-0.4, -0.2) is 56.0 Å². The Labute approximate surface area is 229 Å². The number of rotatable bonds is 8. The molecule has 0 radical (unpaired) electrons. The van der Waals surface area contributed by atoms with Crippen LogP contribution in [-0.2, 0) is 4.79 Å². The van der Waals surface area contributed by atoms with Crippen LogP contribution < -0.4 is 16.8 Å². The summed E-state index contributed by atoms with van der Waals surface area (Å²) in [5.41, 5.74) is 13.0. The molecule has 3 unspecified atom stereocenters. The van der Waals surface area contributed by atoms with Crippen molar-refractivity contribution in [3.05, 3.63) is 63.9 Å². The van der Waals surface area contributed by atoms with E-state index in [1.165, 1.54) is 12.8 Å². The number of halogens is 4. The monoisotopic (exact) mass is 560 g/mol. The predicted octanol–water partition coefficient (Wildman–Crippen LogP) is 5.22. The first-order valence-electron chi connectivity index (χ1n) is 12.4. The van der Waals surface area contributed by atoms with Crippen molar-refractivity contribution in [2.24, 2.45) is 17.6 Å². The number of nitrogens with zero attached hydrogens (tertiary/aromatic N) is 1. The molecule has 0 bridgehead atoms. The van der Waals surface area contributed by atoms with Crippen molar-refractivity contribution in [1.29, 1.82) is 0 Å². The first-order valence-corrected chi connectivity index (χ1v) is 13.2. The summed E-state index contributed by atoms with van der Waals surface area (Å²) in [7, 11) is 0. The quantitative estimate of drug-likeness (QED) is 0.260. The van der Waals surface area contributed by atoms with E-state index < -0.39 is 6.80 Å². The highest BCUT2D eigenvalue weighted by Gasteiger charge is 2.36. The van der Waals surface area contributed by atoms with Gasteiger partial charge < -0.3 is 21.4 Å². The zero-order valence-electron chi connectivity index (χ0n) is 21.4. The smallest absolute Gasteiger partial charge is 0.145 e. The van der Waals surface area contributed by atoms with E-state index in [1.807, 2.05) is 25.8 Å². The van der Waals surface area contributed by atoms with Gasteiger partial charge in [-0.15, -0.1) is 0 Å². The number of nitrogens with one attached hydrogen (secondary N) is 1. The Hall–Kier alpha value is -1.81. The molecule has 10 heteroatoms. The van der Waals surface area contributed by atoms with Crippen molar-refractivity contribution >= 4 is 35.7 Å². The molecule has 1 aliphatic carbocycles. The highest BCUT2D eigenvalue weighted by atomic mass is 35.5. The standard InChI is InChI=1S/C14H18ClFN2.C6H6ClN.C6H14FNO.CH2O/c15-12-3-1-2-10(13(12)16)11-6-7-18(14(11)17)8-9-4-5-9;7-5-2-1-3-6(8)4-5;1-2-6(4-9)3-8-5-7;1-2/h1-3,9,11,14H,4-8,17H2;1-4H,8H2;6,8-9H,2-5H2,1H3;1H2. The molecule has 6 nitrogen and oxygen atoms in total. The van der Waals surface area contributed by atoms with Gasteiger partial charge in [-0.25, -0.2) is 8.78 Å². The average Bonchev–Trinajstić information content (AvgIpc) is 3.65. The van der Waals surface area contributed by atoms with Crippen molar-refractivity contribution in [2.75, 3.05) is 38.8 Å². The third-order valence-electron chi connectivity index (χ3n) is 6.34. The first kappa shape index (κ1) is 33.2. The molecule has 2 aliphatic rings. The summed E-state index contributed by atoms with van der Waals surface area (Å²) in [4.78, 5) is 10.3. The number of benzene rings is 2. The normalized spacial score (nSPS) is 19.4. The Morgan fingerprint density at radius 1 is 1.19 bits per heavy atom. The van der Waals surface area contributed by atoms with Crippen LogP contribution in [0.2, 0.25) is 10.0 Å². The lowest BCUT2D eigenvalue weighted by Crippen LogP contribution is -2.40. The van der Waals surface area contributed by atoms with Crippen molar-refractivity contribution < 1.29 is 18.7 Å². The summed E-state index contributed by atoms with van der Waals surface area (Å²) in [5.74, 6) is 0.801. The number of hydrogen-bond acceptors (Lipinski definition) is 6. The first-order chi connectivity index (χ1) is 17.8. The summed E-state index contributed by atoms with van der Waals surface area (Å²) in [6.45, 7) is 6.22. The zero-order valence-corrected chi connectivity index (χ0v) is 22.9. The molecule has 3 atom stereocenters. The lowest BCUT2D eigenvalue weighted by molar-refractivity contribution is -0.0980. The zero-order chi connectivity index (χ0) is 27.8. The van der Waals surface area contributed by atoms with Crippen molar-refractivity contribution in [3.8, 4) is 0 Å². The van der Waals surface area contributed by atoms with Gasteiger partial charge in [0.2, 0.25) is 0 Å². The van der Waals surface area contributed by atoms with Crippen LogP contribution in [0.5, 0.6) is 0 Å². The van der Waals surface area contributed by atoms with Crippen LogP contribution in [0, 0.1) is 17.7 Å². The van der Waals surface area contributed by atoms with Gasteiger partial charge in [0.15, 0.2) is 0 Å². The predicted molar refractivity (Wildman–Crippen MR) is 149 cm³/mol. The van der Waals surface area contributed by atoms with E-state index in [2.05, 4.69) is 10.2 Å². The fourth-order valence-electron chi connectivity index (χ4n) is 3.97. The van der Waals surface area contributed by atoms with E-state index in [9.17, 15) is 8.78 Å². The van der Waals surface area contributed by atoms with Gasteiger partial charge in [0.05, 0.1) is 11.2 Å². The van der Waals surface area contributed by atoms with E-state index in [0.717, 1.165) is 31.8 Å². The van der Waals surface area contributed by atoms with Crippen molar-refractivity contribution in [3.63, 3.8) is 0 Å². The van der Waals surface area contributed by atoms with Crippen LogP contribution in [0.15, 0.2) is 42.5 Å². The van der Waals surface area contributed by atoms with E-state index in [-0.39, 0.29) is 35.4 Å². The van der Waals surface area contributed by atoms with Gasteiger partial charge in [0.1, 0.15) is 19.4 Å². The fourth-order valence-corrected chi connectivity index (χ4v) is 4.35. The second-order valence-electron chi connectivity index (χ2n) is 9.07. The largest absolute Gasteiger partial charge is 0.399 e. The summed E-state index contributed by atoms with van der Waals surface area (Å²) in [5, 5.41) is 12.0. The lowest BCUT2D eigenvalue weighted by atomic mass is 9.95. The van der Waals surface area contributed by atoms with Crippen LogP contribution >= 0.6 is 23.2 Å². The molecule has 1 heterocycles. The molecule has 1 saturated heterocycles. The Kier molecular flexibility index (Phi) is 16.6. The SMILES string of the molecule is C=O.CCC(CO)CNCF.NC1C(c2cccc(Cl)c2F)CCN1CC1CC1.Nc1cccc(Cl)c1. The number of hydrogen-bond donors (Lipinski definition) is 4. The number of aliphatic hydroxyl groups excluding tert-OH is 1. The number of alkyl halides is 1. The number of carbonyl (C=O) groups excluding carboxylic acids is 1.